The van der Waals surface area contributed by atoms with E-state index in [1.807, 2.05) is 0 Å². The topological polar surface area (TPSA) is 12.5 Å². The quantitative estimate of drug-likeness (QED) is 0.707. The van der Waals surface area contributed by atoms with Gasteiger partial charge in [0.2, 0.25) is 0 Å². The van der Waals surface area contributed by atoms with Gasteiger partial charge >= 0.3 is 0 Å². The Morgan fingerprint density at radius 3 is 2.73 bits per heavy atom. The summed E-state index contributed by atoms with van der Waals surface area (Å²) in [7, 11) is 0. The van der Waals surface area contributed by atoms with Gasteiger partial charge < -0.3 is 4.74 Å². The zero-order chi connectivity index (χ0) is 7.40. The summed E-state index contributed by atoms with van der Waals surface area (Å²) >= 11 is 0. The molecule has 0 bridgehead atoms. The minimum Gasteiger partial charge on any atom is -0.376 e. The molecule has 1 aliphatic heterocycles. The highest BCUT2D eigenvalue weighted by molar-refractivity contribution is 8.93. The number of morpholine rings is 1. The van der Waals surface area contributed by atoms with E-state index in [1.165, 1.54) is 6.54 Å². The molecule has 1 aliphatic rings. The predicted octanol–water partition coefficient (Wildman–Crippen LogP) is 1.69. The maximum Gasteiger partial charge on any atom is 0.0700 e. The van der Waals surface area contributed by atoms with Crippen LogP contribution in [0.25, 0.3) is 0 Å². The van der Waals surface area contributed by atoms with Crippen LogP contribution in [0.4, 0.5) is 0 Å². The molecule has 11 heavy (non-hydrogen) atoms. The molecule has 0 aromatic heterocycles. The third kappa shape index (κ3) is 3.54. The summed E-state index contributed by atoms with van der Waals surface area (Å²) in [5, 5.41) is 0. The molecule has 3 heteroatoms. The lowest BCUT2D eigenvalue weighted by atomic mass is 10.2. The standard InChI is InChI=1S/C8H17NO.BrH/c1-3-8-7-9(4-2)5-6-10-8;/h8H,3-7H2,1-2H3;1H. The van der Waals surface area contributed by atoms with Crippen LogP contribution in [0.1, 0.15) is 20.3 Å². The van der Waals surface area contributed by atoms with Gasteiger partial charge in [-0.3, -0.25) is 4.90 Å². The molecule has 0 spiro atoms. The van der Waals surface area contributed by atoms with Crippen molar-refractivity contribution < 1.29 is 4.74 Å². The second-order valence-electron chi connectivity index (χ2n) is 2.79. The Balaban J connectivity index is 0.000001000. The zero-order valence-electron chi connectivity index (χ0n) is 7.38. The van der Waals surface area contributed by atoms with Crippen molar-refractivity contribution in [2.45, 2.75) is 26.4 Å². The SMILES string of the molecule is Br.CCC1CN(CC)CCO1. The molecular formula is C8H18BrNO. The monoisotopic (exact) mass is 223 g/mol. The van der Waals surface area contributed by atoms with Crippen molar-refractivity contribution in [3.05, 3.63) is 0 Å². The summed E-state index contributed by atoms with van der Waals surface area (Å²) in [5.41, 5.74) is 0. The Labute approximate surface area is 79.7 Å². The maximum atomic E-state index is 5.52. The first kappa shape index (κ1) is 11.4. The fourth-order valence-electron chi connectivity index (χ4n) is 1.31. The molecule has 1 saturated heterocycles. The normalized spacial score (nSPS) is 26.2. The van der Waals surface area contributed by atoms with Gasteiger partial charge in [-0.2, -0.15) is 0 Å². The van der Waals surface area contributed by atoms with Crippen LogP contribution in [-0.2, 0) is 4.74 Å². The summed E-state index contributed by atoms with van der Waals surface area (Å²) in [6.45, 7) is 8.73. The molecule has 0 aliphatic carbocycles. The lowest BCUT2D eigenvalue weighted by molar-refractivity contribution is -0.0278. The van der Waals surface area contributed by atoms with E-state index in [1.54, 1.807) is 0 Å². The van der Waals surface area contributed by atoms with Gasteiger partial charge in [0.1, 0.15) is 0 Å². The molecule has 1 heterocycles. The van der Waals surface area contributed by atoms with E-state index < -0.39 is 0 Å². The van der Waals surface area contributed by atoms with Crippen molar-refractivity contribution in [1.29, 1.82) is 0 Å². The van der Waals surface area contributed by atoms with Crippen LogP contribution in [0.3, 0.4) is 0 Å². The Morgan fingerprint density at radius 2 is 2.18 bits per heavy atom. The third-order valence-corrected chi connectivity index (χ3v) is 2.13. The summed E-state index contributed by atoms with van der Waals surface area (Å²) in [5.74, 6) is 0. The minimum atomic E-state index is 0. The first-order valence-electron chi connectivity index (χ1n) is 4.20. The van der Waals surface area contributed by atoms with E-state index in [0.29, 0.717) is 6.10 Å². The van der Waals surface area contributed by atoms with E-state index in [9.17, 15) is 0 Å². The Kier molecular flexibility index (Phi) is 6.19. The first-order chi connectivity index (χ1) is 4.86. The van der Waals surface area contributed by atoms with Gasteiger partial charge in [0.15, 0.2) is 0 Å². The summed E-state index contributed by atoms with van der Waals surface area (Å²) in [4.78, 5) is 2.44. The smallest absolute Gasteiger partial charge is 0.0700 e. The van der Waals surface area contributed by atoms with Crippen molar-refractivity contribution >= 4 is 17.0 Å². The van der Waals surface area contributed by atoms with E-state index in [0.717, 1.165) is 26.1 Å². The molecule has 0 saturated carbocycles. The second-order valence-corrected chi connectivity index (χ2v) is 2.79. The average Bonchev–Trinajstić information content (AvgIpc) is 2.05. The predicted molar refractivity (Wildman–Crippen MR) is 52.5 cm³/mol. The van der Waals surface area contributed by atoms with Crippen molar-refractivity contribution in [3.8, 4) is 0 Å². The molecule has 1 rings (SSSR count). The number of hydrogen-bond acceptors (Lipinski definition) is 2. The van der Waals surface area contributed by atoms with Crippen LogP contribution >= 0.6 is 17.0 Å². The van der Waals surface area contributed by atoms with Crippen molar-refractivity contribution in [2.24, 2.45) is 0 Å². The lowest BCUT2D eigenvalue weighted by Gasteiger charge is -2.31. The molecule has 68 valence electrons. The van der Waals surface area contributed by atoms with E-state index >= 15 is 0 Å². The zero-order valence-corrected chi connectivity index (χ0v) is 9.09. The lowest BCUT2D eigenvalue weighted by Crippen LogP contribution is -2.41. The number of rotatable bonds is 2. The molecule has 0 amide bonds. The minimum absolute atomic E-state index is 0. The molecule has 0 N–H and O–H groups in total. The largest absolute Gasteiger partial charge is 0.376 e. The number of ether oxygens (including phenoxy) is 1. The second kappa shape index (κ2) is 5.98. The average molecular weight is 224 g/mol. The van der Waals surface area contributed by atoms with Crippen molar-refractivity contribution in [2.75, 3.05) is 26.2 Å². The van der Waals surface area contributed by atoms with E-state index in [-0.39, 0.29) is 17.0 Å². The van der Waals surface area contributed by atoms with Crippen molar-refractivity contribution in [1.82, 2.24) is 4.90 Å². The third-order valence-electron chi connectivity index (χ3n) is 2.13. The molecule has 1 atom stereocenters. The van der Waals surface area contributed by atoms with Gasteiger partial charge in [0.25, 0.3) is 0 Å². The molecule has 1 unspecified atom stereocenters. The molecule has 0 radical (unpaired) electrons. The van der Waals surface area contributed by atoms with E-state index in [2.05, 4.69) is 18.7 Å². The highest BCUT2D eigenvalue weighted by Gasteiger charge is 2.16. The first-order valence-corrected chi connectivity index (χ1v) is 4.20. The summed E-state index contributed by atoms with van der Waals surface area (Å²) in [6, 6.07) is 0. The molecule has 0 aromatic rings. The van der Waals surface area contributed by atoms with Gasteiger partial charge in [0.05, 0.1) is 12.7 Å². The molecule has 2 nitrogen and oxygen atoms in total. The van der Waals surface area contributed by atoms with Gasteiger partial charge in [-0.25, -0.2) is 0 Å². The van der Waals surface area contributed by atoms with Gasteiger partial charge in [0, 0.05) is 13.1 Å². The number of likely N-dealkylation sites (N-methyl/N-ethyl adjacent to an activating group) is 1. The summed E-state index contributed by atoms with van der Waals surface area (Å²) < 4.78 is 5.52. The Morgan fingerprint density at radius 1 is 1.45 bits per heavy atom. The number of hydrogen-bond donors (Lipinski definition) is 0. The van der Waals surface area contributed by atoms with E-state index in [4.69, 9.17) is 4.74 Å². The van der Waals surface area contributed by atoms with Crippen molar-refractivity contribution in [3.63, 3.8) is 0 Å². The van der Waals surface area contributed by atoms with Gasteiger partial charge in [-0.15, -0.1) is 17.0 Å². The number of halogens is 1. The van der Waals surface area contributed by atoms with Crippen LogP contribution in [0, 0.1) is 0 Å². The van der Waals surface area contributed by atoms with Crippen LogP contribution in [0.2, 0.25) is 0 Å². The fourth-order valence-corrected chi connectivity index (χ4v) is 1.31. The maximum absolute atomic E-state index is 5.52. The fraction of sp³-hybridized carbons (Fsp3) is 1.00. The highest BCUT2D eigenvalue weighted by atomic mass is 79.9. The van der Waals surface area contributed by atoms with Crippen LogP contribution in [0.5, 0.6) is 0 Å². The van der Waals surface area contributed by atoms with Crippen LogP contribution < -0.4 is 0 Å². The molecule has 1 fully saturated rings. The Bertz CT molecular complexity index is 90.1. The summed E-state index contributed by atoms with van der Waals surface area (Å²) in [6.07, 6.45) is 1.64. The van der Waals surface area contributed by atoms with Crippen LogP contribution in [0.15, 0.2) is 0 Å². The number of nitrogens with zero attached hydrogens (tertiary/aromatic N) is 1. The van der Waals surface area contributed by atoms with Gasteiger partial charge in [-0.05, 0) is 13.0 Å². The Hall–Kier alpha value is 0.400. The molecule has 0 aromatic carbocycles. The highest BCUT2D eigenvalue weighted by Crippen LogP contribution is 2.06. The van der Waals surface area contributed by atoms with Gasteiger partial charge in [-0.1, -0.05) is 13.8 Å². The van der Waals surface area contributed by atoms with Crippen LogP contribution in [-0.4, -0.2) is 37.2 Å². The molecular weight excluding hydrogens is 206 g/mol.